The molecule has 0 bridgehead atoms. The second-order valence-corrected chi connectivity index (χ2v) is 8.38. The van der Waals surface area contributed by atoms with Crippen molar-refractivity contribution in [2.24, 2.45) is 0 Å². The lowest BCUT2D eigenvalue weighted by Crippen LogP contribution is -2.12. The SMILES string of the molecule is C=CC(=O)OCCOc1ccc(-c2cccc(-c3ccc(OC(=O)C(=C)C)cc3)c2)cc1OCCOC(=O)C=C. The average molecular weight is 543 g/mol. The molecule has 0 fully saturated rings. The minimum atomic E-state index is -0.545. The summed E-state index contributed by atoms with van der Waals surface area (Å²) >= 11 is 0. The predicted octanol–water partition coefficient (Wildman–Crippen LogP) is 5.72. The number of rotatable bonds is 14. The molecular formula is C32H30O8. The van der Waals surface area contributed by atoms with Gasteiger partial charge < -0.3 is 23.7 Å². The average Bonchev–Trinajstić information content (AvgIpc) is 2.97. The Balaban J connectivity index is 1.79. The van der Waals surface area contributed by atoms with Crippen molar-refractivity contribution in [1.29, 1.82) is 0 Å². The van der Waals surface area contributed by atoms with E-state index in [0.29, 0.717) is 22.8 Å². The zero-order valence-electron chi connectivity index (χ0n) is 22.2. The first-order valence-corrected chi connectivity index (χ1v) is 12.4. The van der Waals surface area contributed by atoms with Crippen molar-refractivity contribution >= 4 is 17.9 Å². The van der Waals surface area contributed by atoms with Crippen molar-refractivity contribution in [3.8, 4) is 39.5 Å². The lowest BCUT2D eigenvalue weighted by Gasteiger charge is -2.15. The Morgan fingerprint density at radius 2 is 1.20 bits per heavy atom. The number of benzene rings is 3. The molecule has 0 saturated heterocycles. The molecule has 0 radical (unpaired) electrons. The third kappa shape index (κ3) is 8.73. The molecule has 206 valence electrons. The van der Waals surface area contributed by atoms with Crippen molar-refractivity contribution in [3.63, 3.8) is 0 Å². The maximum Gasteiger partial charge on any atom is 0.338 e. The van der Waals surface area contributed by atoms with E-state index < -0.39 is 17.9 Å². The lowest BCUT2D eigenvalue weighted by molar-refractivity contribution is -0.139. The Labute approximate surface area is 233 Å². The fourth-order valence-corrected chi connectivity index (χ4v) is 3.41. The number of ether oxygens (including phenoxy) is 5. The molecule has 0 heterocycles. The van der Waals surface area contributed by atoms with E-state index in [9.17, 15) is 14.4 Å². The Kier molecular flexibility index (Phi) is 10.8. The van der Waals surface area contributed by atoms with Gasteiger partial charge in [0.25, 0.3) is 0 Å². The molecule has 0 aromatic heterocycles. The highest BCUT2D eigenvalue weighted by Gasteiger charge is 2.11. The van der Waals surface area contributed by atoms with E-state index in [1.54, 1.807) is 25.1 Å². The van der Waals surface area contributed by atoms with Crippen LogP contribution in [-0.2, 0) is 23.9 Å². The smallest absolute Gasteiger partial charge is 0.338 e. The van der Waals surface area contributed by atoms with E-state index in [1.165, 1.54) is 0 Å². The van der Waals surface area contributed by atoms with Crippen molar-refractivity contribution < 1.29 is 38.1 Å². The summed E-state index contributed by atoms with van der Waals surface area (Å²) in [6, 6.07) is 20.6. The second kappa shape index (κ2) is 14.7. The summed E-state index contributed by atoms with van der Waals surface area (Å²) in [7, 11) is 0. The highest BCUT2D eigenvalue weighted by Crippen LogP contribution is 2.34. The van der Waals surface area contributed by atoms with Crippen LogP contribution in [-0.4, -0.2) is 44.3 Å². The second-order valence-electron chi connectivity index (χ2n) is 8.38. The minimum Gasteiger partial charge on any atom is -0.486 e. The van der Waals surface area contributed by atoms with Crippen LogP contribution in [0.1, 0.15) is 6.92 Å². The molecule has 0 spiro atoms. The highest BCUT2D eigenvalue weighted by molar-refractivity contribution is 5.89. The van der Waals surface area contributed by atoms with E-state index in [1.807, 2.05) is 48.5 Å². The highest BCUT2D eigenvalue weighted by atomic mass is 16.6. The molecular weight excluding hydrogens is 512 g/mol. The normalized spacial score (nSPS) is 10.1. The molecule has 0 aliphatic carbocycles. The third-order valence-corrected chi connectivity index (χ3v) is 5.39. The number of hydrogen-bond acceptors (Lipinski definition) is 8. The monoisotopic (exact) mass is 542 g/mol. The molecule has 0 atom stereocenters. The van der Waals surface area contributed by atoms with Gasteiger partial charge in [-0.1, -0.05) is 56.1 Å². The van der Waals surface area contributed by atoms with Gasteiger partial charge in [-0.25, -0.2) is 14.4 Å². The molecule has 0 N–H and O–H groups in total. The predicted molar refractivity (Wildman–Crippen MR) is 151 cm³/mol. The maximum absolute atomic E-state index is 11.8. The first kappa shape index (κ1) is 29.4. The first-order chi connectivity index (χ1) is 19.3. The Morgan fingerprint density at radius 3 is 1.77 bits per heavy atom. The van der Waals surface area contributed by atoms with E-state index in [-0.39, 0.29) is 26.4 Å². The fraction of sp³-hybridized carbons (Fsp3) is 0.156. The molecule has 8 heteroatoms. The summed E-state index contributed by atoms with van der Waals surface area (Å²) < 4.78 is 26.8. The minimum absolute atomic E-state index is 0.0264. The number of carbonyl (C=O) groups excluding carboxylic acids is 3. The molecule has 0 amide bonds. The maximum atomic E-state index is 11.8. The van der Waals surface area contributed by atoms with Crippen LogP contribution in [0, 0.1) is 0 Å². The van der Waals surface area contributed by atoms with Gasteiger partial charge in [-0.15, -0.1) is 0 Å². The van der Waals surface area contributed by atoms with Gasteiger partial charge in [-0.2, -0.15) is 0 Å². The molecule has 40 heavy (non-hydrogen) atoms. The van der Waals surface area contributed by atoms with Crippen molar-refractivity contribution in [3.05, 3.63) is 104 Å². The Morgan fingerprint density at radius 1 is 0.675 bits per heavy atom. The number of carbonyl (C=O) groups is 3. The molecule has 0 aliphatic heterocycles. The van der Waals surface area contributed by atoms with Crippen LogP contribution in [0.25, 0.3) is 22.3 Å². The largest absolute Gasteiger partial charge is 0.486 e. The standard InChI is InChI=1S/C32H30O8/c1-5-30(33)38-18-16-36-28-15-12-26(21-29(28)37-17-19-39-31(34)6-2)25-9-7-8-24(20-25)23-10-13-27(14-11-23)40-32(35)22(3)4/h5-15,20-21H,1-3,16-19H2,4H3. The van der Waals surface area contributed by atoms with E-state index in [0.717, 1.165) is 34.4 Å². The molecule has 8 nitrogen and oxygen atoms in total. The first-order valence-electron chi connectivity index (χ1n) is 12.4. The van der Waals surface area contributed by atoms with Crippen LogP contribution >= 0.6 is 0 Å². The summed E-state index contributed by atoms with van der Waals surface area (Å²) in [6.45, 7) is 12.2. The van der Waals surface area contributed by atoms with Gasteiger partial charge in [-0.3, -0.25) is 0 Å². The third-order valence-electron chi connectivity index (χ3n) is 5.39. The van der Waals surface area contributed by atoms with Crippen LogP contribution in [0.15, 0.2) is 104 Å². The van der Waals surface area contributed by atoms with Gasteiger partial charge in [0.2, 0.25) is 0 Å². The molecule has 3 rings (SSSR count). The fourth-order valence-electron chi connectivity index (χ4n) is 3.41. The van der Waals surface area contributed by atoms with Crippen molar-refractivity contribution in [2.75, 3.05) is 26.4 Å². The topological polar surface area (TPSA) is 97.4 Å². The molecule has 0 unspecified atom stereocenters. The van der Waals surface area contributed by atoms with Crippen LogP contribution in [0.3, 0.4) is 0 Å². The quantitative estimate of drug-likeness (QED) is 0.110. The van der Waals surface area contributed by atoms with E-state index >= 15 is 0 Å². The Hall–Kier alpha value is -5.11. The molecule has 3 aromatic rings. The summed E-state index contributed by atoms with van der Waals surface area (Å²) in [5.41, 5.74) is 4.00. The van der Waals surface area contributed by atoms with E-state index in [4.69, 9.17) is 23.7 Å². The van der Waals surface area contributed by atoms with Gasteiger partial charge >= 0.3 is 17.9 Å². The zero-order chi connectivity index (χ0) is 28.9. The van der Waals surface area contributed by atoms with Crippen molar-refractivity contribution in [1.82, 2.24) is 0 Å². The van der Waals surface area contributed by atoms with Crippen LogP contribution < -0.4 is 14.2 Å². The van der Waals surface area contributed by atoms with Gasteiger partial charge in [0.15, 0.2) is 11.5 Å². The lowest BCUT2D eigenvalue weighted by atomic mass is 9.99. The van der Waals surface area contributed by atoms with Gasteiger partial charge in [0, 0.05) is 17.7 Å². The zero-order valence-corrected chi connectivity index (χ0v) is 22.2. The van der Waals surface area contributed by atoms with Crippen molar-refractivity contribution in [2.45, 2.75) is 6.92 Å². The molecule has 3 aromatic carbocycles. The molecule has 0 aliphatic rings. The number of hydrogen-bond donors (Lipinski definition) is 0. The molecule has 0 saturated carbocycles. The summed E-state index contributed by atoms with van der Waals surface area (Å²) in [5.74, 6) is -0.264. The van der Waals surface area contributed by atoms with Crippen LogP contribution in [0.5, 0.6) is 17.2 Å². The summed E-state index contributed by atoms with van der Waals surface area (Å²) in [6.07, 6.45) is 2.16. The summed E-state index contributed by atoms with van der Waals surface area (Å²) in [4.78, 5) is 34.4. The van der Waals surface area contributed by atoms with Crippen LogP contribution in [0.2, 0.25) is 0 Å². The summed E-state index contributed by atoms with van der Waals surface area (Å²) in [5, 5.41) is 0. The van der Waals surface area contributed by atoms with Gasteiger partial charge in [-0.05, 0) is 59.5 Å². The number of esters is 3. The van der Waals surface area contributed by atoms with Crippen LogP contribution in [0.4, 0.5) is 0 Å². The van der Waals surface area contributed by atoms with Gasteiger partial charge in [0.1, 0.15) is 32.2 Å². The van der Waals surface area contributed by atoms with E-state index in [2.05, 4.69) is 19.7 Å². The Bertz CT molecular complexity index is 1390. The van der Waals surface area contributed by atoms with Gasteiger partial charge in [0.05, 0.1) is 0 Å².